The molecule has 1 aromatic rings. The number of aliphatic imine (C=N–C) groups is 1. The molecule has 0 saturated carbocycles. The molecular formula is C14H25N3S2. The summed E-state index contributed by atoms with van der Waals surface area (Å²) in [5.41, 5.74) is 1.38. The molecule has 0 bridgehead atoms. The largest absolute Gasteiger partial charge is 0.357 e. The number of thioether (sulfide) groups is 1. The maximum atomic E-state index is 4.66. The Bertz CT molecular complexity index is 350. The molecule has 5 heteroatoms. The highest BCUT2D eigenvalue weighted by Crippen LogP contribution is 2.18. The van der Waals surface area contributed by atoms with Crippen molar-refractivity contribution < 1.29 is 0 Å². The number of rotatable bonds is 8. The normalized spacial score (nSPS) is 13.3. The first-order valence-electron chi connectivity index (χ1n) is 6.81. The van der Waals surface area contributed by atoms with Crippen LogP contribution in [0.5, 0.6) is 0 Å². The van der Waals surface area contributed by atoms with E-state index in [0.717, 1.165) is 25.6 Å². The molecule has 0 radical (unpaired) electrons. The minimum atomic E-state index is 0.480. The number of hydrogen-bond acceptors (Lipinski definition) is 3. The van der Waals surface area contributed by atoms with Crippen molar-refractivity contribution in [2.45, 2.75) is 26.2 Å². The average molecular weight is 300 g/mol. The molecular weight excluding hydrogens is 274 g/mol. The van der Waals surface area contributed by atoms with Crippen LogP contribution in [0.1, 0.15) is 31.7 Å². The van der Waals surface area contributed by atoms with Gasteiger partial charge in [0.05, 0.1) is 0 Å². The molecule has 19 heavy (non-hydrogen) atoms. The Morgan fingerprint density at radius 1 is 1.47 bits per heavy atom. The fourth-order valence-corrected chi connectivity index (χ4v) is 2.87. The topological polar surface area (TPSA) is 36.4 Å². The Morgan fingerprint density at radius 2 is 2.32 bits per heavy atom. The van der Waals surface area contributed by atoms with E-state index in [1.807, 2.05) is 11.8 Å². The summed E-state index contributed by atoms with van der Waals surface area (Å²) in [6, 6.07) is 2.18. The first-order valence-corrected chi connectivity index (χ1v) is 9.14. The third-order valence-corrected chi connectivity index (χ3v) is 4.20. The van der Waals surface area contributed by atoms with Crippen LogP contribution < -0.4 is 10.6 Å². The molecule has 0 saturated heterocycles. The van der Waals surface area contributed by atoms with Crippen molar-refractivity contribution in [2.75, 3.05) is 31.6 Å². The maximum absolute atomic E-state index is 4.66. The summed E-state index contributed by atoms with van der Waals surface area (Å²) in [5, 5.41) is 11.0. The van der Waals surface area contributed by atoms with Crippen molar-refractivity contribution in [2.24, 2.45) is 4.99 Å². The van der Waals surface area contributed by atoms with Gasteiger partial charge in [-0.3, -0.25) is 4.99 Å². The van der Waals surface area contributed by atoms with Gasteiger partial charge in [0.15, 0.2) is 5.96 Å². The predicted octanol–water partition coefficient (Wildman–Crippen LogP) is 3.16. The maximum Gasteiger partial charge on any atom is 0.191 e. The van der Waals surface area contributed by atoms with Crippen LogP contribution >= 0.6 is 23.1 Å². The van der Waals surface area contributed by atoms with E-state index in [1.54, 1.807) is 11.3 Å². The molecule has 108 valence electrons. The van der Waals surface area contributed by atoms with Crippen LogP contribution in [-0.2, 0) is 0 Å². The van der Waals surface area contributed by atoms with E-state index >= 15 is 0 Å². The molecule has 3 nitrogen and oxygen atoms in total. The molecule has 0 aliphatic carbocycles. The van der Waals surface area contributed by atoms with E-state index in [1.165, 1.54) is 17.7 Å². The minimum absolute atomic E-state index is 0.480. The third-order valence-electron chi connectivity index (χ3n) is 2.80. The Kier molecular flexibility index (Phi) is 8.75. The highest BCUT2D eigenvalue weighted by atomic mass is 32.2. The summed E-state index contributed by atoms with van der Waals surface area (Å²) in [4.78, 5) is 4.66. The lowest BCUT2D eigenvalue weighted by Gasteiger charge is -2.12. The van der Waals surface area contributed by atoms with Gasteiger partial charge in [-0.15, -0.1) is 0 Å². The number of hydrogen-bond donors (Lipinski definition) is 2. The third kappa shape index (κ3) is 6.87. The Labute approximate surface area is 125 Å². The van der Waals surface area contributed by atoms with Gasteiger partial charge < -0.3 is 10.6 Å². The van der Waals surface area contributed by atoms with E-state index in [2.05, 4.69) is 52.6 Å². The van der Waals surface area contributed by atoms with Gasteiger partial charge in [0, 0.05) is 25.6 Å². The number of guanidine groups is 1. The van der Waals surface area contributed by atoms with Crippen LogP contribution in [0.4, 0.5) is 0 Å². The van der Waals surface area contributed by atoms with Crippen molar-refractivity contribution in [3.63, 3.8) is 0 Å². The van der Waals surface area contributed by atoms with Crippen LogP contribution in [0.15, 0.2) is 21.8 Å². The molecule has 0 aliphatic heterocycles. The van der Waals surface area contributed by atoms with Gasteiger partial charge in [-0.25, -0.2) is 0 Å². The molecule has 1 atom stereocenters. The van der Waals surface area contributed by atoms with Crippen LogP contribution in [0.3, 0.4) is 0 Å². The van der Waals surface area contributed by atoms with Crippen molar-refractivity contribution in [3.05, 3.63) is 22.4 Å². The summed E-state index contributed by atoms with van der Waals surface area (Å²) in [7, 11) is 0. The average Bonchev–Trinajstić information content (AvgIpc) is 2.94. The summed E-state index contributed by atoms with van der Waals surface area (Å²) >= 11 is 3.63. The molecule has 1 unspecified atom stereocenters. The molecule has 1 heterocycles. The number of nitrogens with one attached hydrogen (secondary N) is 2. The lowest BCUT2D eigenvalue weighted by atomic mass is 10.1. The van der Waals surface area contributed by atoms with Crippen molar-refractivity contribution in [1.29, 1.82) is 0 Å². The highest BCUT2D eigenvalue weighted by Gasteiger charge is 2.05. The fourth-order valence-electron chi connectivity index (χ4n) is 1.65. The van der Waals surface area contributed by atoms with Gasteiger partial charge in [-0.05, 0) is 47.7 Å². The zero-order chi connectivity index (χ0) is 13.9. The number of nitrogens with zero attached hydrogens (tertiary/aromatic N) is 1. The van der Waals surface area contributed by atoms with E-state index < -0.39 is 0 Å². The van der Waals surface area contributed by atoms with Gasteiger partial charge in [-0.1, -0.05) is 6.92 Å². The lowest BCUT2D eigenvalue weighted by molar-refractivity contribution is 0.745. The second-order valence-corrected chi connectivity index (χ2v) is 6.22. The van der Waals surface area contributed by atoms with Crippen molar-refractivity contribution in [3.8, 4) is 0 Å². The molecule has 0 aromatic carbocycles. The highest BCUT2D eigenvalue weighted by molar-refractivity contribution is 7.98. The summed E-state index contributed by atoms with van der Waals surface area (Å²) in [6.45, 7) is 7.04. The second kappa shape index (κ2) is 10.1. The first-order chi connectivity index (χ1) is 9.27. The van der Waals surface area contributed by atoms with Crippen LogP contribution in [0, 0.1) is 0 Å². The van der Waals surface area contributed by atoms with Crippen molar-refractivity contribution in [1.82, 2.24) is 10.6 Å². The molecule has 1 rings (SSSR count). The van der Waals surface area contributed by atoms with Gasteiger partial charge in [-0.2, -0.15) is 23.1 Å². The van der Waals surface area contributed by atoms with Gasteiger partial charge in [0.1, 0.15) is 0 Å². The fraction of sp³-hybridized carbons (Fsp3) is 0.643. The Morgan fingerprint density at radius 3 is 2.95 bits per heavy atom. The molecule has 2 N–H and O–H groups in total. The van der Waals surface area contributed by atoms with Crippen molar-refractivity contribution >= 4 is 29.1 Å². The molecule has 0 aliphatic rings. The SMILES string of the molecule is CCNC(=NCC(C)c1ccsc1)NCCCSC. The molecule has 0 fully saturated rings. The zero-order valence-electron chi connectivity index (χ0n) is 12.1. The van der Waals surface area contributed by atoms with Crippen LogP contribution in [0.25, 0.3) is 0 Å². The van der Waals surface area contributed by atoms with Gasteiger partial charge >= 0.3 is 0 Å². The zero-order valence-corrected chi connectivity index (χ0v) is 13.7. The smallest absolute Gasteiger partial charge is 0.191 e. The Hall–Kier alpha value is -0.680. The quantitative estimate of drug-likeness (QED) is 0.440. The van der Waals surface area contributed by atoms with E-state index in [-0.39, 0.29) is 0 Å². The van der Waals surface area contributed by atoms with Gasteiger partial charge in [0.2, 0.25) is 0 Å². The van der Waals surface area contributed by atoms with Crippen LogP contribution in [0.2, 0.25) is 0 Å². The summed E-state index contributed by atoms with van der Waals surface area (Å²) in [6.07, 6.45) is 3.31. The number of thiophene rings is 1. The standard InChI is InChI=1S/C14H25N3S2/c1-4-15-14(16-7-5-8-18-3)17-10-12(2)13-6-9-19-11-13/h6,9,11-12H,4-5,7-8,10H2,1-3H3,(H2,15,16,17). The van der Waals surface area contributed by atoms with E-state index in [9.17, 15) is 0 Å². The molecule has 0 amide bonds. The Balaban J connectivity index is 2.39. The molecule has 1 aromatic heterocycles. The van der Waals surface area contributed by atoms with E-state index in [4.69, 9.17) is 0 Å². The lowest BCUT2D eigenvalue weighted by Crippen LogP contribution is -2.38. The minimum Gasteiger partial charge on any atom is -0.357 e. The second-order valence-electron chi connectivity index (χ2n) is 4.45. The molecule has 0 spiro atoms. The summed E-state index contributed by atoms with van der Waals surface area (Å²) < 4.78 is 0. The van der Waals surface area contributed by atoms with E-state index in [0.29, 0.717) is 5.92 Å². The predicted molar refractivity (Wildman–Crippen MR) is 89.7 cm³/mol. The van der Waals surface area contributed by atoms with Gasteiger partial charge in [0.25, 0.3) is 0 Å². The first kappa shape index (κ1) is 16.4. The summed E-state index contributed by atoms with van der Waals surface area (Å²) in [5.74, 6) is 2.61. The monoisotopic (exact) mass is 299 g/mol. The van der Waals surface area contributed by atoms with Crippen LogP contribution in [-0.4, -0.2) is 37.6 Å².